The van der Waals surface area contributed by atoms with E-state index in [1.165, 1.54) is 0 Å². The van der Waals surface area contributed by atoms with Crippen molar-refractivity contribution < 1.29 is 4.74 Å². The lowest BCUT2D eigenvalue weighted by Gasteiger charge is -2.14. The molecule has 0 aromatic carbocycles. The van der Waals surface area contributed by atoms with Crippen LogP contribution in [0.25, 0.3) is 0 Å². The molecule has 66 valence electrons. The zero-order valence-electron chi connectivity index (χ0n) is 7.23. The van der Waals surface area contributed by atoms with Crippen LogP contribution in [0.3, 0.4) is 0 Å². The molecule has 2 N–H and O–H groups in total. The van der Waals surface area contributed by atoms with E-state index in [9.17, 15) is 0 Å². The minimum absolute atomic E-state index is 0.106. The van der Waals surface area contributed by atoms with E-state index in [1.807, 2.05) is 19.1 Å². The van der Waals surface area contributed by atoms with Gasteiger partial charge in [0.25, 0.3) is 0 Å². The molecule has 1 aromatic rings. The van der Waals surface area contributed by atoms with E-state index in [-0.39, 0.29) is 6.10 Å². The first kappa shape index (κ1) is 9.00. The van der Waals surface area contributed by atoms with Gasteiger partial charge in [-0.3, -0.25) is 4.98 Å². The van der Waals surface area contributed by atoms with Gasteiger partial charge in [-0.2, -0.15) is 0 Å². The van der Waals surface area contributed by atoms with Gasteiger partial charge in [0.15, 0.2) is 0 Å². The molecule has 0 amide bonds. The number of hydrogen-bond acceptors (Lipinski definition) is 3. The molecule has 1 atom stereocenters. The van der Waals surface area contributed by atoms with E-state index >= 15 is 0 Å². The van der Waals surface area contributed by atoms with Crippen molar-refractivity contribution in [2.45, 2.75) is 19.4 Å². The van der Waals surface area contributed by atoms with Crippen LogP contribution in [-0.4, -0.2) is 17.6 Å². The monoisotopic (exact) mass is 166 g/mol. The Balaban J connectivity index is 2.51. The molecule has 0 aliphatic rings. The van der Waals surface area contributed by atoms with E-state index in [1.54, 1.807) is 12.4 Å². The first-order chi connectivity index (χ1) is 5.86. The van der Waals surface area contributed by atoms with E-state index in [2.05, 4.69) is 4.98 Å². The van der Waals surface area contributed by atoms with Gasteiger partial charge >= 0.3 is 0 Å². The van der Waals surface area contributed by atoms with Crippen LogP contribution in [0.2, 0.25) is 0 Å². The molecule has 1 heterocycles. The summed E-state index contributed by atoms with van der Waals surface area (Å²) in [5.74, 6) is 0.787. The molecule has 0 aliphatic heterocycles. The van der Waals surface area contributed by atoms with Crippen molar-refractivity contribution >= 4 is 0 Å². The predicted molar refractivity (Wildman–Crippen MR) is 48.0 cm³/mol. The summed E-state index contributed by atoms with van der Waals surface area (Å²) >= 11 is 0. The topological polar surface area (TPSA) is 48.1 Å². The van der Waals surface area contributed by atoms with Crippen molar-refractivity contribution in [3.63, 3.8) is 0 Å². The largest absolute Gasteiger partial charge is 0.488 e. The van der Waals surface area contributed by atoms with Crippen LogP contribution in [-0.2, 0) is 0 Å². The Kier molecular flexibility index (Phi) is 3.54. The highest BCUT2D eigenvalue weighted by atomic mass is 16.5. The quantitative estimate of drug-likeness (QED) is 0.731. The number of pyridine rings is 1. The number of aromatic nitrogens is 1. The zero-order chi connectivity index (χ0) is 8.81. The Hall–Kier alpha value is -1.09. The van der Waals surface area contributed by atoms with E-state index in [4.69, 9.17) is 10.5 Å². The number of ether oxygens (including phenoxy) is 1. The molecule has 1 aromatic heterocycles. The van der Waals surface area contributed by atoms with Gasteiger partial charge in [0, 0.05) is 12.7 Å². The lowest BCUT2D eigenvalue weighted by Crippen LogP contribution is -2.25. The molecule has 1 rings (SSSR count). The van der Waals surface area contributed by atoms with Gasteiger partial charge < -0.3 is 10.5 Å². The maximum absolute atomic E-state index is 5.53. The summed E-state index contributed by atoms with van der Waals surface area (Å²) in [6.07, 6.45) is 4.44. The van der Waals surface area contributed by atoms with Crippen molar-refractivity contribution in [1.82, 2.24) is 4.98 Å². The molecular weight excluding hydrogens is 152 g/mol. The Morgan fingerprint density at radius 1 is 1.67 bits per heavy atom. The summed E-state index contributed by atoms with van der Waals surface area (Å²) < 4.78 is 5.53. The second kappa shape index (κ2) is 4.72. The van der Waals surface area contributed by atoms with Gasteiger partial charge in [-0.05, 0) is 18.6 Å². The molecule has 3 nitrogen and oxygen atoms in total. The van der Waals surface area contributed by atoms with Gasteiger partial charge in [-0.1, -0.05) is 6.92 Å². The molecule has 3 heteroatoms. The highest BCUT2D eigenvalue weighted by Gasteiger charge is 2.03. The molecule has 0 fully saturated rings. The van der Waals surface area contributed by atoms with Crippen molar-refractivity contribution in [2.75, 3.05) is 6.54 Å². The Morgan fingerprint density at radius 2 is 2.50 bits per heavy atom. The van der Waals surface area contributed by atoms with Crippen LogP contribution in [0.1, 0.15) is 13.3 Å². The third kappa shape index (κ3) is 2.51. The molecule has 1 unspecified atom stereocenters. The summed E-state index contributed by atoms with van der Waals surface area (Å²) in [5.41, 5.74) is 5.49. The van der Waals surface area contributed by atoms with Gasteiger partial charge in [0.05, 0.1) is 6.20 Å². The summed E-state index contributed by atoms with van der Waals surface area (Å²) in [6.45, 7) is 2.60. The summed E-state index contributed by atoms with van der Waals surface area (Å²) in [6, 6.07) is 3.73. The van der Waals surface area contributed by atoms with Crippen LogP contribution < -0.4 is 10.5 Å². The molecule has 0 spiro atoms. The van der Waals surface area contributed by atoms with Crippen LogP contribution in [0.4, 0.5) is 0 Å². The maximum Gasteiger partial charge on any atom is 0.138 e. The molecule has 0 saturated carbocycles. The van der Waals surface area contributed by atoms with Gasteiger partial charge in [-0.15, -0.1) is 0 Å². The lowest BCUT2D eigenvalue weighted by atomic mass is 10.3. The zero-order valence-corrected chi connectivity index (χ0v) is 7.23. The number of rotatable bonds is 4. The molecule has 12 heavy (non-hydrogen) atoms. The summed E-state index contributed by atoms with van der Waals surface area (Å²) in [5, 5.41) is 0. The first-order valence-corrected chi connectivity index (χ1v) is 4.13. The van der Waals surface area contributed by atoms with E-state index in [0.29, 0.717) is 6.54 Å². The highest BCUT2D eigenvalue weighted by Crippen LogP contribution is 2.09. The fraction of sp³-hybridized carbons (Fsp3) is 0.444. The Morgan fingerprint density at radius 3 is 3.00 bits per heavy atom. The third-order valence-corrected chi connectivity index (χ3v) is 1.66. The molecule has 0 bridgehead atoms. The van der Waals surface area contributed by atoms with Gasteiger partial charge in [0.2, 0.25) is 0 Å². The van der Waals surface area contributed by atoms with Crippen molar-refractivity contribution in [3.8, 4) is 5.75 Å². The lowest BCUT2D eigenvalue weighted by molar-refractivity contribution is 0.204. The highest BCUT2D eigenvalue weighted by molar-refractivity contribution is 5.15. The molecule has 0 saturated heterocycles. The SMILES string of the molecule is CCC(CN)Oc1cccnc1. The standard InChI is InChI=1S/C9H14N2O/c1-2-8(6-10)12-9-4-3-5-11-7-9/h3-5,7-8H,2,6,10H2,1H3. The third-order valence-electron chi connectivity index (χ3n) is 1.66. The van der Waals surface area contributed by atoms with Gasteiger partial charge in [-0.25, -0.2) is 0 Å². The Labute approximate surface area is 72.6 Å². The fourth-order valence-electron chi connectivity index (χ4n) is 0.907. The van der Waals surface area contributed by atoms with Gasteiger partial charge in [0.1, 0.15) is 11.9 Å². The minimum Gasteiger partial charge on any atom is -0.488 e. The van der Waals surface area contributed by atoms with Crippen LogP contribution in [0, 0.1) is 0 Å². The minimum atomic E-state index is 0.106. The Bertz CT molecular complexity index is 209. The van der Waals surface area contributed by atoms with Crippen LogP contribution >= 0.6 is 0 Å². The summed E-state index contributed by atoms with van der Waals surface area (Å²) in [4.78, 5) is 3.94. The van der Waals surface area contributed by atoms with Crippen LogP contribution in [0.5, 0.6) is 5.75 Å². The molecular formula is C9H14N2O. The average molecular weight is 166 g/mol. The smallest absolute Gasteiger partial charge is 0.138 e. The first-order valence-electron chi connectivity index (χ1n) is 4.13. The number of nitrogens with two attached hydrogens (primary N) is 1. The molecule has 0 aliphatic carbocycles. The van der Waals surface area contributed by atoms with Crippen molar-refractivity contribution in [3.05, 3.63) is 24.5 Å². The average Bonchev–Trinajstić information content (AvgIpc) is 2.16. The fourth-order valence-corrected chi connectivity index (χ4v) is 0.907. The second-order valence-corrected chi connectivity index (χ2v) is 2.57. The number of nitrogens with zero attached hydrogens (tertiary/aromatic N) is 1. The summed E-state index contributed by atoms with van der Waals surface area (Å²) in [7, 11) is 0. The van der Waals surface area contributed by atoms with Crippen LogP contribution in [0.15, 0.2) is 24.5 Å². The number of hydrogen-bond donors (Lipinski definition) is 1. The normalized spacial score (nSPS) is 12.5. The predicted octanol–water partition coefficient (Wildman–Crippen LogP) is 1.20. The van der Waals surface area contributed by atoms with Crippen molar-refractivity contribution in [2.24, 2.45) is 5.73 Å². The second-order valence-electron chi connectivity index (χ2n) is 2.57. The maximum atomic E-state index is 5.53. The van der Waals surface area contributed by atoms with E-state index < -0.39 is 0 Å². The van der Waals surface area contributed by atoms with E-state index in [0.717, 1.165) is 12.2 Å². The van der Waals surface area contributed by atoms with Crippen molar-refractivity contribution in [1.29, 1.82) is 0 Å². The molecule has 0 radical (unpaired) electrons.